The van der Waals surface area contributed by atoms with E-state index in [0.29, 0.717) is 25.8 Å². The van der Waals surface area contributed by atoms with Gasteiger partial charge in [-0.25, -0.2) is 0 Å². The van der Waals surface area contributed by atoms with Crippen LogP contribution in [0.5, 0.6) is 0 Å². The van der Waals surface area contributed by atoms with Crippen LogP contribution in [0, 0.1) is 0 Å². The van der Waals surface area contributed by atoms with Gasteiger partial charge in [-0.2, -0.15) is 0 Å². The minimum absolute atomic E-state index is 0.302. The van der Waals surface area contributed by atoms with Crippen LogP contribution in [0.25, 0.3) is 0 Å². The number of anilines is 1. The summed E-state index contributed by atoms with van der Waals surface area (Å²) in [5.41, 5.74) is 7.81. The first-order chi connectivity index (χ1) is 8.80. The van der Waals surface area contributed by atoms with Gasteiger partial charge in [0.2, 0.25) is 0 Å². The number of ether oxygens (including phenoxy) is 2. The van der Waals surface area contributed by atoms with Gasteiger partial charge in [0.15, 0.2) is 0 Å². The van der Waals surface area contributed by atoms with Gasteiger partial charge < -0.3 is 20.5 Å². The molecule has 0 amide bonds. The first-order valence-electron chi connectivity index (χ1n) is 6.33. The summed E-state index contributed by atoms with van der Waals surface area (Å²) < 4.78 is 10.4. The second-order valence-electron chi connectivity index (χ2n) is 4.36. The summed E-state index contributed by atoms with van der Waals surface area (Å²) in [5, 5.41) is 3.48. The third-order valence-electron chi connectivity index (χ3n) is 2.73. The molecule has 1 unspecified atom stereocenters. The van der Waals surface area contributed by atoms with E-state index in [2.05, 4.69) is 23.5 Å². The lowest BCUT2D eigenvalue weighted by Crippen LogP contribution is -2.25. The predicted molar refractivity (Wildman–Crippen MR) is 74.7 cm³/mol. The number of hydrogen-bond donors (Lipinski definition) is 2. The molecule has 0 spiro atoms. The van der Waals surface area contributed by atoms with E-state index in [1.54, 1.807) is 14.2 Å². The van der Waals surface area contributed by atoms with Crippen LogP contribution in [0.4, 0.5) is 5.69 Å². The van der Waals surface area contributed by atoms with Crippen LogP contribution in [0.3, 0.4) is 0 Å². The van der Waals surface area contributed by atoms with Crippen molar-refractivity contribution in [3.05, 3.63) is 29.8 Å². The number of benzene rings is 1. The third kappa shape index (κ3) is 5.49. The van der Waals surface area contributed by atoms with Gasteiger partial charge in [0.25, 0.3) is 0 Å². The molecule has 0 fully saturated rings. The number of nitrogens with one attached hydrogen (secondary N) is 1. The van der Waals surface area contributed by atoms with Crippen LogP contribution in [-0.2, 0) is 16.1 Å². The molecule has 1 aromatic rings. The lowest BCUT2D eigenvalue weighted by molar-refractivity contribution is 0.182. The first kappa shape index (κ1) is 15.0. The monoisotopic (exact) mass is 252 g/mol. The largest absolute Gasteiger partial charge is 0.383 e. The van der Waals surface area contributed by atoms with Crippen molar-refractivity contribution < 1.29 is 9.47 Å². The molecule has 0 bridgehead atoms. The summed E-state index contributed by atoms with van der Waals surface area (Å²) >= 11 is 0. The lowest BCUT2D eigenvalue weighted by atomic mass is 10.1. The molecule has 0 aliphatic rings. The van der Waals surface area contributed by atoms with E-state index < -0.39 is 0 Å². The van der Waals surface area contributed by atoms with E-state index in [-0.39, 0.29) is 0 Å². The normalized spacial score (nSPS) is 12.4. The van der Waals surface area contributed by atoms with Crippen molar-refractivity contribution in [2.45, 2.75) is 25.5 Å². The molecule has 1 atom stereocenters. The molecule has 0 heterocycles. The summed E-state index contributed by atoms with van der Waals surface area (Å²) in [6.07, 6.45) is 2.01. The second kappa shape index (κ2) is 8.91. The Bertz CT molecular complexity index is 331. The van der Waals surface area contributed by atoms with E-state index in [9.17, 15) is 0 Å². The highest BCUT2D eigenvalue weighted by Crippen LogP contribution is 2.14. The van der Waals surface area contributed by atoms with Gasteiger partial charge in [0.1, 0.15) is 0 Å². The molecule has 18 heavy (non-hydrogen) atoms. The van der Waals surface area contributed by atoms with Crippen LogP contribution in [0.15, 0.2) is 24.3 Å². The zero-order chi connectivity index (χ0) is 13.2. The summed E-state index contributed by atoms with van der Waals surface area (Å²) in [6, 6.07) is 8.55. The molecular weight excluding hydrogens is 228 g/mol. The fraction of sp³-hybridized carbons (Fsp3) is 0.571. The van der Waals surface area contributed by atoms with E-state index >= 15 is 0 Å². The molecule has 4 nitrogen and oxygen atoms in total. The maximum absolute atomic E-state index is 5.54. The number of rotatable bonds is 9. The lowest BCUT2D eigenvalue weighted by Gasteiger charge is -2.19. The Kier molecular flexibility index (Phi) is 7.41. The van der Waals surface area contributed by atoms with Crippen molar-refractivity contribution in [1.29, 1.82) is 0 Å². The highest BCUT2D eigenvalue weighted by Gasteiger charge is 2.07. The molecule has 0 aromatic heterocycles. The standard InChI is InChI=1S/C14H24N2O2/c1-17-10-12-5-3-6-13(9-12)16-14(11-18-2)7-4-8-15/h3,5-6,9,14,16H,4,7-8,10-11,15H2,1-2H3. The molecule has 102 valence electrons. The summed E-state index contributed by atoms with van der Waals surface area (Å²) in [7, 11) is 3.42. The Balaban J connectivity index is 2.58. The fourth-order valence-electron chi connectivity index (χ4n) is 1.92. The third-order valence-corrected chi connectivity index (χ3v) is 2.73. The highest BCUT2D eigenvalue weighted by molar-refractivity contribution is 5.46. The van der Waals surface area contributed by atoms with Crippen LogP contribution in [0.1, 0.15) is 18.4 Å². The Morgan fingerprint density at radius 3 is 2.78 bits per heavy atom. The maximum atomic E-state index is 5.54. The molecule has 4 heteroatoms. The van der Waals surface area contributed by atoms with Gasteiger partial charge in [-0.05, 0) is 37.1 Å². The van der Waals surface area contributed by atoms with Crippen molar-refractivity contribution >= 4 is 5.69 Å². The molecule has 1 rings (SSSR count). The Labute approximate surface area is 109 Å². The van der Waals surface area contributed by atoms with E-state index in [4.69, 9.17) is 15.2 Å². The Hall–Kier alpha value is -1.10. The predicted octanol–water partition coefficient (Wildman–Crippen LogP) is 2.00. The van der Waals surface area contributed by atoms with Crippen LogP contribution in [0.2, 0.25) is 0 Å². The smallest absolute Gasteiger partial charge is 0.0713 e. The van der Waals surface area contributed by atoms with Gasteiger partial charge in [-0.1, -0.05) is 12.1 Å². The van der Waals surface area contributed by atoms with E-state index in [1.807, 2.05) is 6.07 Å². The van der Waals surface area contributed by atoms with Crippen molar-refractivity contribution in [3.8, 4) is 0 Å². The molecule has 0 saturated heterocycles. The van der Waals surface area contributed by atoms with Crippen LogP contribution < -0.4 is 11.1 Å². The molecule has 0 aliphatic heterocycles. The van der Waals surface area contributed by atoms with Crippen LogP contribution >= 0.6 is 0 Å². The molecule has 1 aromatic carbocycles. The fourth-order valence-corrected chi connectivity index (χ4v) is 1.92. The molecular formula is C14H24N2O2. The summed E-state index contributed by atoms with van der Waals surface area (Å²) in [6.45, 7) is 2.04. The topological polar surface area (TPSA) is 56.5 Å². The van der Waals surface area contributed by atoms with Crippen LogP contribution in [-0.4, -0.2) is 33.4 Å². The minimum atomic E-state index is 0.302. The van der Waals surface area contributed by atoms with Gasteiger partial charge in [-0.3, -0.25) is 0 Å². The summed E-state index contributed by atoms with van der Waals surface area (Å²) in [5.74, 6) is 0. The van der Waals surface area contributed by atoms with Crippen molar-refractivity contribution in [3.63, 3.8) is 0 Å². The quantitative estimate of drug-likeness (QED) is 0.706. The van der Waals surface area contributed by atoms with Gasteiger partial charge in [-0.15, -0.1) is 0 Å². The van der Waals surface area contributed by atoms with Crippen molar-refractivity contribution in [1.82, 2.24) is 0 Å². The SMILES string of the molecule is COCc1cccc(NC(CCCN)COC)c1. The Morgan fingerprint density at radius 2 is 2.11 bits per heavy atom. The zero-order valence-corrected chi connectivity index (χ0v) is 11.3. The van der Waals surface area contributed by atoms with Crippen molar-refractivity contribution in [2.75, 3.05) is 32.7 Å². The summed E-state index contributed by atoms with van der Waals surface area (Å²) in [4.78, 5) is 0. The molecule has 3 N–H and O–H groups in total. The van der Waals surface area contributed by atoms with Gasteiger partial charge >= 0.3 is 0 Å². The van der Waals surface area contributed by atoms with Crippen molar-refractivity contribution in [2.24, 2.45) is 5.73 Å². The number of methoxy groups -OCH3 is 2. The molecule has 0 saturated carbocycles. The highest BCUT2D eigenvalue weighted by atomic mass is 16.5. The van der Waals surface area contributed by atoms with Gasteiger partial charge in [0, 0.05) is 25.9 Å². The second-order valence-corrected chi connectivity index (χ2v) is 4.36. The van der Waals surface area contributed by atoms with E-state index in [0.717, 1.165) is 24.1 Å². The molecule has 0 aliphatic carbocycles. The zero-order valence-electron chi connectivity index (χ0n) is 11.3. The van der Waals surface area contributed by atoms with Gasteiger partial charge in [0.05, 0.1) is 13.2 Å². The molecule has 0 radical (unpaired) electrons. The number of hydrogen-bond acceptors (Lipinski definition) is 4. The maximum Gasteiger partial charge on any atom is 0.0713 e. The first-order valence-corrected chi connectivity index (χ1v) is 6.33. The number of nitrogens with two attached hydrogens (primary N) is 1. The average molecular weight is 252 g/mol. The average Bonchev–Trinajstić information content (AvgIpc) is 2.37. The van der Waals surface area contributed by atoms with E-state index in [1.165, 1.54) is 0 Å². The minimum Gasteiger partial charge on any atom is -0.383 e. The Morgan fingerprint density at radius 1 is 1.28 bits per heavy atom.